The van der Waals surface area contributed by atoms with Gasteiger partial charge in [-0.15, -0.1) is 0 Å². The van der Waals surface area contributed by atoms with Crippen LogP contribution in [0.5, 0.6) is 5.75 Å². The summed E-state index contributed by atoms with van der Waals surface area (Å²) in [5.74, 6) is 0.301. The van der Waals surface area contributed by atoms with Crippen molar-refractivity contribution in [3.63, 3.8) is 0 Å². The van der Waals surface area contributed by atoms with Gasteiger partial charge in [0.05, 0.1) is 24.5 Å². The second-order valence-electron chi connectivity index (χ2n) is 7.64. The first-order valence-electron chi connectivity index (χ1n) is 10.2. The van der Waals surface area contributed by atoms with Crippen LogP contribution in [-0.4, -0.2) is 37.2 Å². The van der Waals surface area contributed by atoms with E-state index in [0.717, 1.165) is 29.1 Å². The summed E-state index contributed by atoms with van der Waals surface area (Å²) in [5.41, 5.74) is 1.84. The monoisotopic (exact) mass is 408 g/mol. The molecule has 2 aromatic rings. The number of para-hydroxylation sites is 2. The Morgan fingerprint density at radius 1 is 1.10 bits per heavy atom. The first-order chi connectivity index (χ1) is 14.4. The van der Waals surface area contributed by atoms with E-state index >= 15 is 0 Å². The molecule has 0 spiro atoms. The largest absolute Gasteiger partial charge is 0.494 e. The molecule has 0 bridgehead atoms. The molecule has 0 unspecified atom stereocenters. The van der Waals surface area contributed by atoms with Gasteiger partial charge in [0.2, 0.25) is 0 Å². The topological polar surface area (TPSA) is 67.9 Å². The number of nitrogens with one attached hydrogen (secondary N) is 1. The molecule has 0 saturated heterocycles. The molecule has 0 fully saturated rings. The van der Waals surface area contributed by atoms with E-state index in [0.29, 0.717) is 13.2 Å². The van der Waals surface area contributed by atoms with Crippen LogP contribution in [-0.2, 0) is 14.3 Å². The molecule has 1 N–H and O–H groups in total. The summed E-state index contributed by atoms with van der Waals surface area (Å²) in [6, 6.07) is 15.1. The summed E-state index contributed by atoms with van der Waals surface area (Å²) in [6.45, 7) is 6.82. The van der Waals surface area contributed by atoms with Gasteiger partial charge in [-0.25, -0.2) is 4.79 Å². The van der Waals surface area contributed by atoms with Crippen molar-refractivity contribution in [2.45, 2.75) is 32.7 Å². The number of hydrogen-bond donors (Lipinski definition) is 1. The van der Waals surface area contributed by atoms with Crippen LogP contribution in [0.15, 0.2) is 54.6 Å². The first kappa shape index (κ1) is 21.4. The van der Waals surface area contributed by atoms with Gasteiger partial charge in [0.1, 0.15) is 17.9 Å². The molecular weight excluding hydrogens is 380 g/mol. The number of anilines is 2. The minimum atomic E-state index is -0.717. The molecule has 2 aromatic carbocycles. The number of esters is 1. The Labute approximate surface area is 177 Å². The van der Waals surface area contributed by atoms with Crippen LogP contribution < -0.4 is 15.0 Å². The average molecular weight is 408 g/mol. The van der Waals surface area contributed by atoms with Crippen molar-refractivity contribution < 1.29 is 19.1 Å². The van der Waals surface area contributed by atoms with E-state index in [-0.39, 0.29) is 12.5 Å². The summed E-state index contributed by atoms with van der Waals surface area (Å²) in [4.78, 5) is 26.5. The molecule has 0 aliphatic carbocycles. The molecule has 1 heterocycles. The third kappa shape index (κ3) is 5.20. The molecule has 158 valence electrons. The van der Waals surface area contributed by atoms with Crippen molar-refractivity contribution in [3.05, 3.63) is 60.2 Å². The standard InChI is InChI=1S/C24H28N2O4/c1-4-16-29-19-12-9-18(10-13-19)11-14-22(27)30-17-15-26-21-8-6-5-7-20(21)25-24(2,3)23(26)28/h5-14,25H,4,15-17H2,1-3H3/b14-11+. The summed E-state index contributed by atoms with van der Waals surface area (Å²) in [7, 11) is 0. The number of hydrogen-bond acceptors (Lipinski definition) is 5. The van der Waals surface area contributed by atoms with Crippen LogP contribution in [0, 0.1) is 0 Å². The molecule has 0 saturated carbocycles. The molecular formula is C24H28N2O4. The second-order valence-corrected chi connectivity index (χ2v) is 7.64. The molecule has 6 nitrogen and oxygen atoms in total. The van der Waals surface area contributed by atoms with Gasteiger partial charge in [0.25, 0.3) is 5.91 Å². The number of benzene rings is 2. The SMILES string of the molecule is CCCOc1ccc(/C=C/C(=O)OCCN2C(=O)C(C)(C)Nc3ccccc32)cc1. The van der Waals surface area contributed by atoms with E-state index in [1.54, 1.807) is 11.0 Å². The van der Waals surface area contributed by atoms with Crippen LogP contribution in [0.1, 0.15) is 32.8 Å². The van der Waals surface area contributed by atoms with Gasteiger partial charge in [-0.05, 0) is 56.2 Å². The van der Waals surface area contributed by atoms with Gasteiger partial charge < -0.3 is 19.7 Å². The predicted octanol–water partition coefficient (Wildman–Crippen LogP) is 4.27. The number of carbonyl (C=O) groups excluding carboxylic acids is 2. The summed E-state index contributed by atoms with van der Waals surface area (Å²) in [6.07, 6.45) is 4.04. The maximum absolute atomic E-state index is 12.8. The zero-order valence-corrected chi connectivity index (χ0v) is 17.7. The Balaban J connectivity index is 1.54. The number of nitrogens with zero attached hydrogens (tertiary/aromatic N) is 1. The molecule has 30 heavy (non-hydrogen) atoms. The van der Waals surface area contributed by atoms with E-state index in [1.165, 1.54) is 6.08 Å². The minimum absolute atomic E-state index is 0.0572. The van der Waals surface area contributed by atoms with Crippen molar-refractivity contribution in [1.82, 2.24) is 0 Å². The third-order valence-electron chi connectivity index (χ3n) is 4.75. The smallest absolute Gasteiger partial charge is 0.330 e. The number of carbonyl (C=O) groups is 2. The number of rotatable bonds is 8. The lowest BCUT2D eigenvalue weighted by Crippen LogP contribution is -2.54. The first-order valence-corrected chi connectivity index (χ1v) is 10.2. The van der Waals surface area contributed by atoms with Crippen molar-refractivity contribution in [1.29, 1.82) is 0 Å². The highest BCUT2D eigenvalue weighted by atomic mass is 16.5. The average Bonchev–Trinajstić information content (AvgIpc) is 2.74. The lowest BCUT2D eigenvalue weighted by atomic mass is 9.98. The van der Waals surface area contributed by atoms with E-state index < -0.39 is 11.5 Å². The quantitative estimate of drug-likeness (QED) is 0.522. The van der Waals surface area contributed by atoms with Crippen molar-refractivity contribution in [3.8, 4) is 5.75 Å². The molecule has 1 aliphatic rings. The molecule has 0 radical (unpaired) electrons. The Bertz CT molecular complexity index is 919. The lowest BCUT2D eigenvalue weighted by Gasteiger charge is -2.39. The second kappa shape index (κ2) is 9.48. The Morgan fingerprint density at radius 2 is 1.83 bits per heavy atom. The molecule has 3 rings (SSSR count). The van der Waals surface area contributed by atoms with Gasteiger partial charge in [-0.1, -0.05) is 31.2 Å². The van der Waals surface area contributed by atoms with E-state index in [2.05, 4.69) is 12.2 Å². The van der Waals surface area contributed by atoms with Crippen LogP contribution in [0.3, 0.4) is 0 Å². The number of ether oxygens (including phenoxy) is 2. The Kier molecular flexibility index (Phi) is 6.77. The highest BCUT2D eigenvalue weighted by molar-refractivity contribution is 6.07. The maximum Gasteiger partial charge on any atom is 0.330 e. The third-order valence-corrected chi connectivity index (χ3v) is 4.75. The minimum Gasteiger partial charge on any atom is -0.494 e. The molecule has 0 atom stereocenters. The fourth-order valence-electron chi connectivity index (χ4n) is 3.22. The molecule has 0 aromatic heterocycles. The van der Waals surface area contributed by atoms with Crippen LogP contribution in [0.25, 0.3) is 6.08 Å². The van der Waals surface area contributed by atoms with Gasteiger partial charge in [0.15, 0.2) is 0 Å². The fraction of sp³-hybridized carbons (Fsp3) is 0.333. The predicted molar refractivity (Wildman–Crippen MR) is 119 cm³/mol. The number of fused-ring (bicyclic) bond motifs is 1. The number of amides is 1. The molecule has 6 heteroatoms. The Morgan fingerprint density at radius 3 is 2.57 bits per heavy atom. The van der Waals surface area contributed by atoms with Gasteiger partial charge in [-0.2, -0.15) is 0 Å². The van der Waals surface area contributed by atoms with E-state index in [1.807, 2.05) is 62.4 Å². The maximum atomic E-state index is 12.8. The van der Waals surface area contributed by atoms with Gasteiger partial charge >= 0.3 is 5.97 Å². The zero-order chi connectivity index (χ0) is 21.6. The Hall–Kier alpha value is -3.28. The van der Waals surface area contributed by atoms with Crippen molar-refractivity contribution in [2.75, 3.05) is 30.0 Å². The van der Waals surface area contributed by atoms with Crippen LogP contribution in [0.4, 0.5) is 11.4 Å². The normalized spacial score (nSPS) is 14.9. The van der Waals surface area contributed by atoms with E-state index in [4.69, 9.17) is 9.47 Å². The van der Waals surface area contributed by atoms with Crippen molar-refractivity contribution in [2.24, 2.45) is 0 Å². The van der Waals surface area contributed by atoms with Gasteiger partial charge in [0, 0.05) is 6.08 Å². The summed E-state index contributed by atoms with van der Waals surface area (Å²) in [5, 5.41) is 3.25. The molecule has 1 amide bonds. The highest BCUT2D eigenvalue weighted by Gasteiger charge is 2.38. The zero-order valence-electron chi connectivity index (χ0n) is 17.7. The van der Waals surface area contributed by atoms with Crippen LogP contribution in [0.2, 0.25) is 0 Å². The van der Waals surface area contributed by atoms with Crippen LogP contribution >= 0.6 is 0 Å². The summed E-state index contributed by atoms with van der Waals surface area (Å²) >= 11 is 0. The fourth-order valence-corrected chi connectivity index (χ4v) is 3.22. The summed E-state index contributed by atoms with van der Waals surface area (Å²) < 4.78 is 10.9. The van der Waals surface area contributed by atoms with E-state index in [9.17, 15) is 9.59 Å². The lowest BCUT2D eigenvalue weighted by molar-refractivity contribution is -0.137. The van der Waals surface area contributed by atoms with Gasteiger partial charge in [-0.3, -0.25) is 4.79 Å². The highest BCUT2D eigenvalue weighted by Crippen LogP contribution is 2.34. The van der Waals surface area contributed by atoms with Crippen molar-refractivity contribution >= 4 is 29.3 Å². The molecule has 1 aliphatic heterocycles.